The van der Waals surface area contributed by atoms with Crippen molar-refractivity contribution in [1.29, 1.82) is 0 Å². The van der Waals surface area contributed by atoms with Gasteiger partial charge in [-0.3, -0.25) is 0 Å². The predicted octanol–water partition coefficient (Wildman–Crippen LogP) is 2.85. The van der Waals surface area contributed by atoms with Crippen molar-refractivity contribution < 1.29 is 4.74 Å². The van der Waals surface area contributed by atoms with Gasteiger partial charge < -0.3 is 10.1 Å². The molecule has 15 heavy (non-hydrogen) atoms. The van der Waals surface area contributed by atoms with Crippen LogP contribution in [0.25, 0.3) is 0 Å². The van der Waals surface area contributed by atoms with Gasteiger partial charge >= 0.3 is 0 Å². The molecule has 0 heterocycles. The quantitative estimate of drug-likeness (QED) is 0.835. The Labute approximate surface area is 96.6 Å². The smallest absolute Gasteiger partial charge is 0.0639 e. The Bertz CT molecular complexity index is 312. The van der Waals surface area contributed by atoms with E-state index in [9.17, 15) is 0 Å². The third-order valence-corrected chi connectivity index (χ3v) is 2.59. The van der Waals surface area contributed by atoms with E-state index in [1.165, 1.54) is 0 Å². The number of ether oxygens (including phenoxy) is 1. The molecule has 1 N–H and O–H groups in total. The highest BCUT2D eigenvalue weighted by Crippen LogP contribution is 2.15. The maximum atomic E-state index is 6.06. The van der Waals surface area contributed by atoms with Gasteiger partial charge in [0.25, 0.3) is 0 Å². The molecule has 0 saturated carbocycles. The Balaban J connectivity index is 2.53. The molecule has 3 heteroatoms. The molecule has 1 aromatic carbocycles. The second kappa shape index (κ2) is 5.50. The van der Waals surface area contributed by atoms with Crippen molar-refractivity contribution in [3.8, 4) is 0 Å². The number of benzene rings is 1. The minimum absolute atomic E-state index is 0.0338. The molecule has 0 bridgehead atoms. The maximum Gasteiger partial charge on any atom is 0.0639 e. The van der Waals surface area contributed by atoms with Crippen LogP contribution in [0.15, 0.2) is 24.3 Å². The summed E-state index contributed by atoms with van der Waals surface area (Å²) in [5.41, 5.74) is 1.08. The van der Waals surface area contributed by atoms with Gasteiger partial charge in [-0.1, -0.05) is 29.8 Å². The molecule has 0 spiro atoms. The molecule has 1 rings (SSSR count). The zero-order valence-corrected chi connectivity index (χ0v) is 10.3. The Morgan fingerprint density at radius 1 is 1.33 bits per heavy atom. The Hall–Kier alpha value is -0.570. The van der Waals surface area contributed by atoms with Gasteiger partial charge in [-0.2, -0.15) is 0 Å². The molecule has 0 unspecified atom stereocenters. The van der Waals surface area contributed by atoms with Gasteiger partial charge in [0.05, 0.1) is 6.61 Å². The first-order valence-electron chi connectivity index (χ1n) is 5.02. The molecule has 0 fully saturated rings. The topological polar surface area (TPSA) is 21.3 Å². The van der Waals surface area contributed by atoms with Crippen LogP contribution in [-0.4, -0.2) is 19.3 Å². The largest absolute Gasteiger partial charge is 0.383 e. The maximum absolute atomic E-state index is 6.06. The van der Waals surface area contributed by atoms with E-state index in [0.717, 1.165) is 17.1 Å². The molecular weight excluding hydrogens is 210 g/mol. The third kappa shape index (κ3) is 4.20. The van der Waals surface area contributed by atoms with Crippen LogP contribution in [0.3, 0.4) is 0 Å². The van der Waals surface area contributed by atoms with Crippen LogP contribution in [0.5, 0.6) is 0 Å². The Kier molecular flexibility index (Phi) is 4.58. The van der Waals surface area contributed by atoms with Crippen molar-refractivity contribution >= 4 is 11.6 Å². The van der Waals surface area contributed by atoms with Gasteiger partial charge in [0.2, 0.25) is 0 Å². The fourth-order valence-corrected chi connectivity index (χ4v) is 1.59. The van der Waals surface area contributed by atoms with Gasteiger partial charge in [0.1, 0.15) is 0 Å². The summed E-state index contributed by atoms with van der Waals surface area (Å²) in [6.07, 6.45) is 0. The van der Waals surface area contributed by atoms with Crippen molar-refractivity contribution in [1.82, 2.24) is 5.32 Å². The lowest BCUT2D eigenvalue weighted by Gasteiger charge is -2.25. The Morgan fingerprint density at radius 2 is 2.00 bits per heavy atom. The molecule has 0 atom stereocenters. The third-order valence-electron chi connectivity index (χ3n) is 2.22. The summed E-state index contributed by atoms with van der Waals surface area (Å²) in [6.45, 7) is 5.65. The van der Waals surface area contributed by atoms with Crippen LogP contribution >= 0.6 is 11.6 Å². The molecule has 84 valence electrons. The highest BCUT2D eigenvalue weighted by Gasteiger charge is 2.16. The number of methoxy groups -OCH3 is 1. The monoisotopic (exact) mass is 227 g/mol. The molecule has 2 nitrogen and oxygen atoms in total. The van der Waals surface area contributed by atoms with E-state index in [0.29, 0.717) is 6.61 Å². The SMILES string of the molecule is COCC(C)(C)NCc1ccccc1Cl. The molecule has 0 radical (unpaired) electrons. The van der Waals surface area contributed by atoms with E-state index in [1.807, 2.05) is 24.3 Å². The van der Waals surface area contributed by atoms with Gasteiger partial charge in [0, 0.05) is 24.2 Å². The van der Waals surface area contributed by atoms with Gasteiger partial charge in [-0.15, -0.1) is 0 Å². The van der Waals surface area contributed by atoms with Gasteiger partial charge in [-0.25, -0.2) is 0 Å². The average molecular weight is 228 g/mol. The van der Waals surface area contributed by atoms with Gasteiger partial charge in [-0.05, 0) is 25.5 Å². The van der Waals surface area contributed by atoms with Crippen molar-refractivity contribution in [2.75, 3.05) is 13.7 Å². The molecular formula is C12H18ClNO. The van der Waals surface area contributed by atoms with Crippen LogP contribution in [0.1, 0.15) is 19.4 Å². The molecule has 1 aromatic rings. The molecule has 0 aromatic heterocycles. The second-order valence-corrected chi connectivity index (χ2v) is 4.67. The predicted molar refractivity (Wildman–Crippen MR) is 64.2 cm³/mol. The van der Waals surface area contributed by atoms with Crippen molar-refractivity contribution in [3.05, 3.63) is 34.9 Å². The molecule has 0 aliphatic heterocycles. The lowest BCUT2D eigenvalue weighted by atomic mass is 10.1. The van der Waals surface area contributed by atoms with E-state index in [1.54, 1.807) is 7.11 Å². The summed E-state index contributed by atoms with van der Waals surface area (Å²) < 4.78 is 5.13. The van der Waals surface area contributed by atoms with E-state index in [2.05, 4.69) is 19.2 Å². The zero-order valence-electron chi connectivity index (χ0n) is 9.51. The second-order valence-electron chi connectivity index (χ2n) is 4.26. The number of halogens is 1. The molecule has 0 amide bonds. The number of rotatable bonds is 5. The summed E-state index contributed by atoms with van der Waals surface area (Å²) in [5.74, 6) is 0. The number of hydrogen-bond donors (Lipinski definition) is 1. The van der Waals surface area contributed by atoms with E-state index in [-0.39, 0.29) is 5.54 Å². The minimum Gasteiger partial charge on any atom is -0.383 e. The summed E-state index contributed by atoms with van der Waals surface area (Å²) in [4.78, 5) is 0. The first kappa shape index (κ1) is 12.5. The van der Waals surface area contributed by atoms with Crippen molar-refractivity contribution in [3.63, 3.8) is 0 Å². The summed E-state index contributed by atoms with van der Waals surface area (Å²) >= 11 is 6.06. The van der Waals surface area contributed by atoms with Crippen LogP contribution < -0.4 is 5.32 Å². The fourth-order valence-electron chi connectivity index (χ4n) is 1.39. The van der Waals surface area contributed by atoms with Crippen LogP contribution in [-0.2, 0) is 11.3 Å². The lowest BCUT2D eigenvalue weighted by molar-refractivity contribution is 0.128. The number of hydrogen-bond acceptors (Lipinski definition) is 2. The highest BCUT2D eigenvalue weighted by molar-refractivity contribution is 6.31. The minimum atomic E-state index is -0.0338. The van der Waals surface area contributed by atoms with Crippen molar-refractivity contribution in [2.45, 2.75) is 25.9 Å². The van der Waals surface area contributed by atoms with Crippen LogP contribution in [0.2, 0.25) is 5.02 Å². The number of nitrogens with one attached hydrogen (secondary N) is 1. The first-order chi connectivity index (χ1) is 7.05. The average Bonchev–Trinajstić information content (AvgIpc) is 2.16. The van der Waals surface area contributed by atoms with E-state index in [4.69, 9.17) is 16.3 Å². The van der Waals surface area contributed by atoms with Crippen LogP contribution in [0.4, 0.5) is 0 Å². The van der Waals surface area contributed by atoms with E-state index >= 15 is 0 Å². The molecule has 0 saturated heterocycles. The fraction of sp³-hybridized carbons (Fsp3) is 0.500. The molecule has 0 aliphatic rings. The van der Waals surface area contributed by atoms with Crippen molar-refractivity contribution in [2.24, 2.45) is 0 Å². The summed E-state index contributed by atoms with van der Waals surface area (Å²) in [6, 6.07) is 7.86. The zero-order chi connectivity index (χ0) is 11.3. The summed E-state index contributed by atoms with van der Waals surface area (Å²) in [5, 5.41) is 4.21. The standard InChI is InChI=1S/C12H18ClNO/c1-12(2,9-15-3)14-8-10-6-4-5-7-11(10)13/h4-7,14H,8-9H2,1-3H3. The Morgan fingerprint density at radius 3 is 2.60 bits per heavy atom. The lowest BCUT2D eigenvalue weighted by Crippen LogP contribution is -2.42. The van der Waals surface area contributed by atoms with Crippen LogP contribution in [0, 0.1) is 0 Å². The first-order valence-corrected chi connectivity index (χ1v) is 5.40. The van der Waals surface area contributed by atoms with Gasteiger partial charge in [0.15, 0.2) is 0 Å². The molecule has 0 aliphatic carbocycles. The van der Waals surface area contributed by atoms with E-state index < -0.39 is 0 Å². The highest BCUT2D eigenvalue weighted by atomic mass is 35.5. The summed E-state index contributed by atoms with van der Waals surface area (Å²) in [7, 11) is 1.71. The normalized spacial score (nSPS) is 11.7.